The highest BCUT2D eigenvalue weighted by Crippen LogP contribution is 2.36. The van der Waals surface area contributed by atoms with Crippen molar-refractivity contribution in [2.75, 3.05) is 18.0 Å². The van der Waals surface area contributed by atoms with E-state index < -0.39 is 5.92 Å². The maximum absolute atomic E-state index is 13.8. The second-order valence-electron chi connectivity index (χ2n) is 5.87. The lowest BCUT2D eigenvalue weighted by Crippen LogP contribution is -2.43. The maximum Gasteiger partial charge on any atom is 0.265 e. The average Bonchev–Trinajstić information content (AvgIpc) is 2.99. The summed E-state index contributed by atoms with van der Waals surface area (Å²) in [4.78, 5) is 13.4. The quantitative estimate of drug-likeness (QED) is 0.781. The van der Waals surface area contributed by atoms with Gasteiger partial charge in [-0.25, -0.2) is 18.7 Å². The Kier molecular flexibility index (Phi) is 3.25. The van der Waals surface area contributed by atoms with Gasteiger partial charge in [-0.2, -0.15) is 0 Å². The third-order valence-electron chi connectivity index (χ3n) is 4.23. The number of rotatable bonds is 2. The minimum absolute atomic E-state index is 0.0591. The number of halogens is 2. The number of anilines is 1. The third kappa shape index (κ3) is 2.54. The molecule has 1 N–H and O–H groups in total. The highest BCUT2D eigenvalue weighted by Gasteiger charge is 2.36. The molecular weight excluding hydrogens is 298 g/mol. The van der Waals surface area contributed by atoms with Gasteiger partial charge in [-0.3, -0.25) is 0 Å². The first-order chi connectivity index (χ1) is 11.1. The van der Waals surface area contributed by atoms with Crippen LogP contribution in [0.4, 0.5) is 14.6 Å². The van der Waals surface area contributed by atoms with Gasteiger partial charge in [-0.1, -0.05) is 30.3 Å². The molecule has 0 amide bonds. The van der Waals surface area contributed by atoms with Gasteiger partial charge in [0.25, 0.3) is 5.92 Å². The Bertz CT molecular complexity index is 829. The summed E-state index contributed by atoms with van der Waals surface area (Å²) in [6.45, 7) is 0.291. The number of hydrogen-bond donors (Lipinski definition) is 1. The van der Waals surface area contributed by atoms with Crippen LogP contribution in [0.1, 0.15) is 12.8 Å². The molecule has 4 nitrogen and oxygen atoms in total. The Hall–Kier alpha value is -2.50. The molecule has 3 heterocycles. The van der Waals surface area contributed by atoms with Crippen LogP contribution < -0.4 is 4.90 Å². The van der Waals surface area contributed by atoms with Crippen molar-refractivity contribution in [3.63, 3.8) is 0 Å². The summed E-state index contributed by atoms with van der Waals surface area (Å²) in [5.74, 6) is -2.09. The Labute approximate surface area is 132 Å². The van der Waals surface area contributed by atoms with Gasteiger partial charge < -0.3 is 9.88 Å². The second-order valence-corrected chi connectivity index (χ2v) is 5.87. The zero-order valence-electron chi connectivity index (χ0n) is 12.5. The van der Waals surface area contributed by atoms with Gasteiger partial charge >= 0.3 is 0 Å². The number of fused-ring (bicyclic) bond motifs is 1. The van der Waals surface area contributed by atoms with Crippen LogP contribution in [0.2, 0.25) is 0 Å². The summed E-state index contributed by atoms with van der Waals surface area (Å²) in [6.07, 6.45) is 3.69. The minimum Gasteiger partial charge on any atom is -0.350 e. The fraction of sp³-hybridized carbons (Fsp3) is 0.294. The van der Waals surface area contributed by atoms with Crippen LogP contribution in [0.3, 0.4) is 0 Å². The maximum atomic E-state index is 13.8. The minimum atomic E-state index is -2.67. The van der Waals surface area contributed by atoms with E-state index in [1.165, 1.54) is 6.33 Å². The predicted molar refractivity (Wildman–Crippen MR) is 85.7 cm³/mol. The Morgan fingerprint density at radius 2 is 1.96 bits per heavy atom. The van der Waals surface area contributed by atoms with Crippen LogP contribution in [0, 0.1) is 0 Å². The lowest BCUT2D eigenvalue weighted by Gasteiger charge is -2.33. The van der Waals surface area contributed by atoms with Crippen molar-refractivity contribution in [1.82, 2.24) is 15.0 Å². The van der Waals surface area contributed by atoms with Crippen LogP contribution >= 0.6 is 0 Å². The molecule has 0 spiro atoms. The lowest BCUT2D eigenvalue weighted by atomic mass is 10.0. The molecule has 1 saturated heterocycles. The van der Waals surface area contributed by atoms with Gasteiger partial charge in [-0.15, -0.1) is 0 Å². The van der Waals surface area contributed by atoms with Crippen molar-refractivity contribution >= 4 is 16.9 Å². The fourth-order valence-corrected chi connectivity index (χ4v) is 3.18. The number of nitrogens with zero attached hydrogens (tertiary/aromatic N) is 3. The molecule has 118 valence electrons. The number of alkyl halides is 2. The van der Waals surface area contributed by atoms with Crippen molar-refractivity contribution in [3.05, 3.63) is 42.9 Å². The Morgan fingerprint density at radius 1 is 1.13 bits per heavy atom. The number of benzene rings is 1. The SMILES string of the molecule is FC1(F)CCCN(c2ncnc3[nH]cc(-c4ccccc4)c23)C1. The molecule has 0 unspecified atom stereocenters. The van der Waals surface area contributed by atoms with Crippen molar-refractivity contribution in [2.24, 2.45) is 0 Å². The number of aromatic amines is 1. The fourth-order valence-electron chi connectivity index (χ4n) is 3.18. The molecule has 0 atom stereocenters. The van der Waals surface area contributed by atoms with E-state index in [-0.39, 0.29) is 13.0 Å². The molecule has 0 radical (unpaired) electrons. The Balaban J connectivity index is 1.86. The van der Waals surface area contributed by atoms with E-state index >= 15 is 0 Å². The molecule has 1 aliphatic heterocycles. The molecule has 4 rings (SSSR count). The molecule has 3 aromatic rings. The van der Waals surface area contributed by atoms with Crippen molar-refractivity contribution in [1.29, 1.82) is 0 Å². The van der Waals surface area contributed by atoms with Gasteiger partial charge in [-0.05, 0) is 12.0 Å². The van der Waals surface area contributed by atoms with E-state index in [4.69, 9.17) is 0 Å². The van der Waals surface area contributed by atoms with E-state index in [9.17, 15) is 8.78 Å². The largest absolute Gasteiger partial charge is 0.350 e. The van der Waals surface area contributed by atoms with E-state index in [1.807, 2.05) is 36.5 Å². The normalized spacial score (nSPS) is 17.6. The number of piperidine rings is 1. The van der Waals surface area contributed by atoms with Crippen LogP contribution in [0.15, 0.2) is 42.9 Å². The van der Waals surface area contributed by atoms with Gasteiger partial charge in [0, 0.05) is 24.7 Å². The molecule has 0 bridgehead atoms. The van der Waals surface area contributed by atoms with E-state index in [2.05, 4.69) is 15.0 Å². The topological polar surface area (TPSA) is 44.8 Å². The zero-order chi connectivity index (χ0) is 15.9. The molecule has 23 heavy (non-hydrogen) atoms. The van der Waals surface area contributed by atoms with Gasteiger partial charge in [0.2, 0.25) is 0 Å². The van der Waals surface area contributed by atoms with Crippen LogP contribution in [0.5, 0.6) is 0 Å². The van der Waals surface area contributed by atoms with Gasteiger partial charge in [0.05, 0.1) is 11.9 Å². The van der Waals surface area contributed by atoms with Crippen molar-refractivity contribution < 1.29 is 8.78 Å². The molecule has 1 aromatic carbocycles. The van der Waals surface area contributed by atoms with Crippen LogP contribution in [-0.2, 0) is 0 Å². The highest BCUT2D eigenvalue weighted by molar-refractivity contribution is 6.01. The summed E-state index contributed by atoms with van der Waals surface area (Å²) in [5, 5.41) is 0.802. The number of aromatic nitrogens is 3. The first-order valence-corrected chi connectivity index (χ1v) is 7.64. The first-order valence-electron chi connectivity index (χ1n) is 7.64. The third-order valence-corrected chi connectivity index (χ3v) is 4.23. The summed E-state index contributed by atoms with van der Waals surface area (Å²) in [5.41, 5.74) is 2.62. The smallest absolute Gasteiger partial charge is 0.265 e. The first kappa shape index (κ1) is 14.1. The summed E-state index contributed by atoms with van der Waals surface area (Å²) in [6, 6.07) is 9.83. The van der Waals surface area contributed by atoms with E-state index in [0.29, 0.717) is 24.4 Å². The zero-order valence-corrected chi connectivity index (χ0v) is 12.5. The second kappa shape index (κ2) is 5.30. The van der Waals surface area contributed by atoms with Crippen LogP contribution in [0.25, 0.3) is 22.2 Å². The van der Waals surface area contributed by atoms with E-state index in [0.717, 1.165) is 16.5 Å². The van der Waals surface area contributed by atoms with Gasteiger partial charge in [0.1, 0.15) is 17.8 Å². The van der Waals surface area contributed by atoms with Crippen LogP contribution in [-0.4, -0.2) is 34.0 Å². The van der Waals surface area contributed by atoms with Crippen molar-refractivity contribution in [3.8, 4) is 11.1 Å². The number of nitrogens with one attached hydrogen (secondary N) is 1. The molecule has 1 aliphatic rings. The Morgan fingerprint density at radius 3 is 2.74 bits per heavy atom. The molecule has 0 aliphatic carbocycles. The molecule has 6 heteroatoms. The summed E-state index contributed by atoms with van der Waals surface area (Å²) < 4.78 is 27.6. The molecule has 1 fully saturated rings. The summed E-state index contributed by atoms with van der Waals surface area (Å²) >= 11 is 0. The predicted octanol–water partition coefficient (Wildman–Crippen LogP) is 3.86. The van der Waals surface area contributed by atoms with E-state index in [1.54, 1.807) is 4.90 Å². The molecule has 0 saturated carbocycles. The lowest BCUT2D eigenvalue weighted by molar-refractivity contribution is -0.0117. The average molecular weight is 314 g/mol. The molecule has 2 aromatic heterocycles. The monoisotopic (exact) mass is 314 g/mol. The highest BCUT2D eigenvalue weighted by atomic mass is 19.3. The van der Waals surface area contributed by atoms with Crippen molar-refractivity contribution in [2.45, 2.75) is 18.8 Å². The summed E-state index contributed by atoms with van der Waals surface area (Å²) in [7, 11) is 0. The number of H-pyrrole nitrogens is 1. The standard InChI is InChI=1S/C17H16F2N4/c18-17(19)7-4-8-23(10-17)16-14-13(12-5-2-1-3-6-12)9-20-15(14)21-11-22-16/h1-3,5-6,9,11H,4,7-8,10H2,(H,20,21,22). The van der Waals surface area contributed by atoms with Gasteiger partial charge in [0.15, 0.2) is 0 Å². The molecular formula is C17H16F2N4. The number of hydrogen-bond acceptors (Lipinski definition) is 3.